The van der Waals surface area contributed by atoms with Gasteiger partial charge in [-0.1, -0.05) is 13.0 Å². The summed E-state index contributed by atoms with van der Waals surface area (Å²) in [6.45, 7) is 5.39. The van der Waals surface area contributed by atoms with Gasteiger partial charge in [-0.05, 0) is 61.1 Å². The zero-order valence-corrected chi connectivity index (χ0v) is 13.4. The van der Waals surface area contributed by atoms with E-state index in [-0.39, 0.29) is 11.8 Å². The number of carbonyl (C=O) groups is 2. The highest BCUT2D eigenvalue weighted by Gasteiger charge is 2.45. The molecule has 0 saturated carbocycles. The van der Waals surface area contributed by atoms with Crippen LogP contribution in [0, 0.1) is 3.57 Å². The minimum absolute atomic E-state index is 0.0686. The van der Waals surface area contributed by atoms with Crippen LogP contribution in [0.15, 0.2) is 24.3 Å². The van der Waals surface area contributed by atoms with Crippen LogP contribution in [0.2, 0.25) is 0 Å². The molecule has 4 nitrogen and oxygen atoms in total. The number of halogens is 1. The quantitative estimate of drug-likeness (QED) is 0.811. The van der Waals surface area contributed by atoms with Crippen molar-refractivity contribution >= 4 is 40.1 Å². The van der Waals surface area contributed by atoms with Crippen LogP contribution in [-0.2, 0) is 9.59 Å². The highest BCUT2D eigenvalue weighted by Crippen LogP contribution is 2.27. The van der Waals surface area contributed by atoms with E-state index in [0.29, 0.717) is 6.42 Å². The van der Waals surface area contributed by atoms with Crippen molar-refractivity contribution in [2.45, 2.75) is 38.8 Å². The number of hydrogen-bond acceptors (Lipinski definition) is 2. The van der Waals surface area contributed by atoms with Gasteiger partial charge in [0, 0.05) is 9.26 Å². The molecule has 0 spiro atoms. The Labute approximate surface area is 126 Å². The summed E-state index contributed by atoms with van der Waals surface area (Å²) in [5.74, 6) is -0.160. The molecular weight excluding hydrogens is 355 g/mol. The molecule has 102 valence electrons. The standard InChI is InChI=1S/C14H17IN2O2/c1-4-11-12(18)16-14(2,3)13(19)17(11)10-7-5-6-9(15)8-10/h5-8,11H,4H2,1-3H3,(H,16,18). The van der Waals surface area contributed by atoms with Crippen LogP contribution in [0.3, 0.4) is 0 Å². The topological polar surface area (TPSA) is 49.4 Å². The molecule has 1 aromatic rings. The first kappa shape index (κ1) is 14.3. The maximum absolute atomic E-state index is 12.6. The maximum Gasteiger partial charge on any atom is 0.252 e. The lowest BCUT2D eigenvalue weighted by atomic mass is 9.95. The summed E-state index contributed by atoms with van der Waals surface area (Å²) in [7, 11) is 0. The van der Waals surface area contributed by atoms with Crippen LogP contribution in [0.1, 0.15) is 27.2 Å². The number of carbonyl (C=O) groups excluding carboxylic acids is 2. The average molecular weight is 372 g/mol. The number of amides is 2. The second-order valence-electron chi connectivity index (χ2n) is 5.19. The summed E-state index contributed by atoms with van der Waals surface area (Å²) in [5.41, 5.74) is -0.0732. The zero-order chi connectivity index (χ0) is 14.2. The van der Waals surface area contributed by atoms with Crippen molar-refractivity contribution in [2.24, 2.45) is 0 Å². The van der Waals surface area contributed by atoms with E-state index < -0.39 is 11.6 Å². The zero-order valence-electron chi connectivity index (χ0n) is 11.2. The Kier molecular flexibility index (Phi) is 3.85. The molecule has 2 rings (SSSR count). The van der Waals surface area contributed by atoms with Gasteiger partial charge >= 0.3 is 0 Å². The lowest BCUT2D eigenvalue weighted by Crippen LogP contribution is -2.68. The second-order valence-corrected chi connectivity index (χ2v) is 6.44. The molecule has 19 heavy (non-hydrogen) atoms. The lowest BCUT2D eigenvalue weighted by molar-refractivity contribution is -0.137. The van der Waals surface area contributed by atoms with Crippen LogP contribution in [-0.4, -0.2) is 23.4 Å². The van der Waals surface area contributed by atoms with Gasteiger partial charge in [-0.3, -0.25) is 14.5 Å². The first-order valence-corrected chi connectivity index (χ1v) is 7.36. The van der Waals surface area contributed by atoms with Gasteiger partial charge < -0.3 is 5.32 Å². The van der Waals surface area contributed by atoms with Gasteiger partial charge in [0.15, 0.2) is 0 Å². The molecule has 0 radical (unpaired) electrons. The van der Waals surface area contributed by atoms with Gasteiger partial charge in [0.1, 0.15) is 11.6 Å². The van der Waals surface area contributed by atoms with Crippen molar-refractivity contribution in [3.8, 4) is 0 Å². The number of hydrogen-bond donors (Lipinski definition) is 1. The Balaban J connectivity index is 2.49. The van der Waals surface area contributed by atoms with Gasteiger partial charge in [-0.25, -0.2) is 0 Å². The van der Waals surface area contributed by atoms with Crippen LogP contribution >= 0.6 is 22.6 Å². The van der Waals surface area contributed by atoms with Gasteiger partial charge in [0.05, 0.1) is 0 Å². The van der Waals surface area contributed by atoms with E-state index in [1.165, 1.54) is 0 Å². The predicted octanol–water partition coefficient (Wildman–Crippen LogP) is 2.31. The molecule has 0 aliphatic carbocycles. The number of benzene rings is 1. The summed E-state index contributed by atoms with van der Waals surface area (Å²) in [6.07, 6.45) is 0.596. The lowest BCUT2D eigenvalue weighted by Gasteiger charge is -2.42. The van der Waals surface area contributed by atoms with Gasteiger partial charge in [0.2, 0.25) is 5.91 Å². The normalized spacial score (nSPS) is 22.3. The second kappa shape index (κ2) is 5.11. The van der Waals surface area contributed by atoms with Crippen LogP contribution in [0.25, 0.3) is 0 Å². The molecule has 1 fully saturated rings. The molecule has 1 heterocycles. The number of anilines is 1. The van der Waals surface area contributed by atoms with Crippen molar-refractivity contribution in [2.75, 3.05) is 4.90 Å². The molecule has 1 unspecified atom stereocenters. The van der Waals surface area contributed by atoms with Gasteiger partial charge in [-0.15, -0.1) is 0 Å². The number of nitrogens with one attached hydrogen (secondary N) is 1. The molecule has 1 saturated heterocycles. The van der Waals surface area contributed by atoms with E-state index >= 15 is 0 Å². The van der Waals surface area contributed by atoms with E-state index in [0.717, 1.165) is 9.26 Å². The predicted molar refractivity (Wildman–Crippen MR) is 82.9 cm³/mol. The van der Waals surface area contributed by atoms with Crippen molar-refractivity contribution < 1.29 is 9.59 Å². The molecule has 1 aromatic carbocycles. The number of nitrogens with zero attached hydrogens (tertiary/aromatic N) is 1. The molecule has 0 bridgehead atoms. The van der Waals surface area contributed by atoms with Crippen molar-refractivity contribution in [1.82, 2.24) is 5.32 Å². The summed E-state index contributed by atoms with van der Waals surface area (Å²) < 4.78 is 1.04. The summed E-state index contributed by atoms with van der Waals surface area (Å²) in [5, 5.41) is 2.79. The molecule has 5 heteroatoms. The summed E-state index contributed by atoms with van der Waals surface area (Å²) in [4.78, 5) is 26.4. The summed E-state index contributed by atoms with van der Waals surface area (Å²) >= 11 is 2.20. The Morgan fingerprint density at radius 3 is 2.63 bits per heavy atom. The number of rotatable bonds is 2. The van der Waals surface area contributed by atoms with Gasteiger partial charge in [0.25, 0.3) is 5.91 Å². The molecule has 1 aliphatic rings. The van der Waals surface area contributed by atoms with E-state index in [9.17, 15) is 9.59 Å². The van der Waals surface area contributed by atoms with Crippen molar-refractivity contribution in [3.05, 3.63) is 27.8 Å². The third-order valence-electron chi connectivity index (χ3n) is 3.28. The summed E-state index contributed by atoms with van der Waals surface area (Å²) in [6, 6.07) is 7.23. The highest BCUT2D eigenvalue weighted by atomic mass is 127. The fraction of sp³-hybridized carbons (Fsp3) is 0.429. The Hall–Kier alpha value is -1.11. The minimum atomic E-state index is -0.857. The van der Waals surface area contributed by atoms with Gasteiger partial charge in [-0.2, -0.15) is 0 Å². The Morgan fingerprint density at radius 2 is 2.05 bits per heavy atom. The molecule has 1 atom stereocenters. The van der Waals surface area contributed by atoms with E-state index in [4.69, 9.17) is 0 Å². The fourth-order valence-electron chi connectivity index (χ4n) is 2.30. The van der Waals surface area contributed by atoms with Crippen LogP contribution < -0.4 is 10.2 Å². The van der Waals surface area contributed by atoms with Crippen LogP contribution in [0.5, 0.6) is 0 Å². The third kappa shape index (κ3) is 2.61. The largest absolute Gasteiger partial charge is 0.340 e. The van der Waals surface area contributed by atoms with E-state index in [2.05, 4.69) is 27.9 Å². The molecule has 1 N–H and O–H groups in total. The SMILES string of the molecule is CCC1C(=O)NC(C)(C)C(=O)N1c1cccc(I)c1. The van der Waals surface area contributed by atoms with Crippen molar-refractivity contribution in [3.63, 3.8) is 0 Å². The third-order valence-corrected chi connectivity index (χ3v) is 3.95. The van der Waals surface area contributed by atoms with Crippen LogP contribution in [0.4, 0.5) is 5.69 Å². The first-order chi connectivity index (χ1) is 8.86. The minimum Gasteiger partial charge on any atom is -0.340 e. The molecule has 1 aliphatic heterocycles. The number of piperazine rings is 1. The average Bonchev–Trinajstić information content (AvgIpc) is 2.32. The van der Waals surface area contributed by atoms with E-state index in [1.807, 2.05) is 31.2 Å². The highest BCUT2D eigenvalue weighted by molar-refractivity contribution is 14.1. The Morgan fingerprint density at radius 1 is 1.37 bits per heavy atom. The van der Waals surface area contributed by atoms with E-state index in [1.54, 1.807) is 18.7 Å². The molecule has 0 aromatic heterocycles. The first-order valence-electron chi connectivity index (χ1n) is 6.28. The maximum atomic E-state index is 12.6. The molecular formula is C14H17IN2O2. The Bertz CT molecular complexity index is 528. The fourth-order valence-corrected chi connectivity index (χ4v) is 2.82. The smallest absolute Gasteiger partial charge is 0.252 e. The monoisotopic (exact) mass is 372 g/mol. The van der Waals surface area contributed by atoms with Crippen molar-refractivity contribution in [1.29, 1.82) is 0 Å². The molecule has 2 amide bonds.